The van der Waals surface area contributed by atoms with E-state index < -0.39 is 23.4 Å². The van der Waals surface area contributed by atoms with Crippen LogP contribution < -0.4 is 15.5 Å². The highest BCUT2D eigenvalue weighted by molar-refractivity contribution is 6.30. The maximum atomic E-state index is 14.6. The Labute approximate surface area is 236 Å². The van der Waals surface area contributed by atoms with Crippen molar-refractivity contribution in [3.05, 3.63) is 131 Å². The summed E-state index contributed by atoms with van der Waals surface area (Å²) in [5, 5.41) is 6.60. The molecule has 6 nitrogen and oxygen atoms in total. The van der Waals surface area contributed by atoms with Crippen LogP contribution in [0.25, 0.3) is 6.08 Å². The molecule has 1 saturated heterocycles. The topological polar surface area (TPSA) is 78.5 Å². The molecule has 0 aromatic heterocycles. The fourth-order valence-electron chi connectivity index (χ4n) is 6.65. The number of rotatable bonds is 4. The van der Waals surface area contributed by atoms with Gasteiger partial charge < -0.3 is 15.5 Å². The van der Waals surface area contributed by atoms with Crippen LogP contribution >= 0.6 is 11.6 Å². The minimum atomic E-state index is -1.34. The average Bonchev–Trinajstić information content (AvgIpc) is 3.47. The molecule has 3 aliphatic heterocycles. The molecule has 0 bridgehead atoms. The molecule has 4 atom stereocenters. The number of amides is 2. The molecule has 1 spiro atoms. The van der Waals surface area contributed by atoms with Gasteiger partial charge in [-0.1, -0.05) is 90.5 Å². The summed E-state index contributed by atoms with van der Waals surface area (Å²) >= 11 is 6.08. The van der Waals surface area contributed by atoms with Crippen molar-refractivity contribution in [1.29, 1.82) is 0 Å². The molecule has 0 aliphatic carbocycles. The summed E-state index contributed by atoms with van der Waals surface area (Å²) in [6.45, 7) is 0. The third-order valence-electron chi connectivity index (χ3n) is 8.26. The summed E-state index contributed by atoms with van der Waals surface area (Å²) in [6, 6.07) is 29.4. The normalized spacial score (nSPS) is 23.8. The summed E-state index contributed by atoms with van der Waals surface area (Å²) in [7, 11) is 0. The van der Waals surface area contributed by atoms with Crippen molar-refractivity contribution in [1.82, 2.24) is 0 Å². The summed E-state index contributed by atoms with van der Waals surface area (Å²) in [5.41, 5.74) is 2.75. The first kappa shape index (κ1) is 24.4. The number of carbonyl (C=O) groups is 3. The third kappa shape index (κ3) is 3.46. The van der Waals surface area contributed by atoms with Crippen LogP contribution in [0.3, 0.4) is 0 Å². The van der Waals surface area contributed by atoms with Gasteiger partial charge in [-0.05, 0) is 47.5 Å². The molecule has 0 radical (unpaired) electrons. The van der Waals surface area contributed by atoms with Gasteiger partial charge >= 0.3 is 0 Å². The van der Waals surface area contributed by atoms with Crippen LogP contribution in [0.4, 0.5) is 17.1 Å². The van der Waals surface area contributed by atoms with E-state index in [0.717, 1.165) is 16.8 Å². The second-order valence-corrected chi connectivity index (χ2v) is 10.7. The first-order valence-corrected chi connectivity index (χ1v) is 13.5. The maximum Gasteiger partial charge on any atom is 0.247 e. The van der Waals surface area contributed by atoms with Crippen molar-refractivity contribution in [3.63, 3.8) is 0 Å². The smallest absolute Gasteiger partial charge is 0.247 e. The van der Waals surface area contributed by atoms with Crippen LogP contribution in [0, 0.1) is 5.92 Å². The number of fused-ring (bicyclic) bond motifs is 6. The van der Waals surface area contributed by atoms with Crippen molar-refractivity contribution in [2.75, 3.05) is 15.5 Å². The Morgan fingerprint density at radius 3 is 2.35 bits per heavy atom. The first-order valence-electron chi connectivity index (χ1n) is 13.1. The van der Waals surface area contributed by atoms with E-state index in [9.17, 15) is 14.4 Å². The zero-order chi connectivity index (χ0) is 27.4. The van der Waals surface area contributed by atoms with Gasteiger partial charge in [0, 0.05) is 27.6 Å². The van der Waals surface area contributed by atoms with Crippen LogP contribution in [0.2, 0.25) is 5.02 Å². The van der Waals surface area contributed by atoms with Crippen molar-refractivity contribution in [2.45, 2.75) is 17.5 Å². The summed E-state index contributed by atoms with van der Waals surface area (Å²) in [6.07, 6.45) is 3.95. The summed E-state index contributed by atoms with van der Waals surface area (Å²) in [4.78, 5) is 45.2. The standard InChI is InChI=1S/C33H24ClN3O3/c34-22-15-17-23(18-16-22)35-31(39)29-28(30(38)21-9-2-1-3-10-21)33(24-11-5-6-12-25(24)36-32(33)40)27-19-14-20-8-4-7-13-26(20)37(27)29/h1-19,27-29H,(H,35,39)(H,36,40)/t27-,28-,29+,33+/m1/s1. The third-order valence-corrected chi connectivity index (χ3v) is 8.52. The highest BCUT2D eigenvalue weighted by Gasteiger charge is 2.70. The number of nitrogens with one attached hydrogen (secondary N) is 2. The highest BCUT2D eigenvalue weighted by Crippen LogP contribution is 2.57. The van der Waals surface area contributed by atoms with Gasteiger partial charge in [0.2, 0.25) is 11.8 Å². The fourth-order valence-corrected chi connectivity index (χ4v) is 6.78. The minimum absolute atomic E-state index is 0.260. The lowest BCUT2D eigenvalue weighted by molar-refractivity contribution is -0.122. The highest BCUT2D eigenvalue weighted by atomic mass is 35.5. The molecule has 4 aromatic rings. The molecule has 0 unspecified atom stereocenters. The number of para-hydroxylation sites is 2. The zero-order valence-corrected chi connectivity index (χ0v) is 22.0. The Morgan fingerprint density at radius 2 is 1.55 bits per heavy atom. The minimum Gasteiger partial charge on any atom is -0.350 e. The zero-order valence-electron chi connectivity index (χ0n) is 21.3. The number of hydrogen-bond donors (Lipinski definition) is 2. The van der Waals surface area contributed by atoms with E-state index in [0.29, 0.717) is 22.0 Å². The van der Waals surface area contributed by atoms with E-state index >= 15 is 0 Å². The Balaban J connectivity index is 1.48. The molecule has 0 saturated carbocycles. The van der Waals surface area contributed by atoms with Crippen LogP contribution in [-0.4, -0.2) is 29.7 Å². The van der Waals surface area contributed by atoms with E-state index in [2.05, 4.69) is 10.6 Å². The van der Waals surface area contributed by atoms with Gasteiger partial charge in [-0.25, -0.2) is 0 Å². The number of benzene rings is 4. The van der Waals surface area contributed by atoms with Crippen molar-refractivity contribution >= 4 is 52.3 Å². The number of nitrogens with zero attached hydrogens (tertiary/aromatic N) is 1. The number of Topliss-reactive ketones (excluding diaryl/α,β-unsaturated/α-hetero) is 1. The molecule has 196 valence electrons. The number of halogens is 1. The second kappa shape index (κ2) is 9.21. The van der Waals surface area contributed by atoms with Crippen LogP contribution in [0.15, 0.2) is 109 Å². The van der Waals surface area contributed by atoms with E-state index in [1.165, 1.54) is 0 Å². The van der Waals surface area contributed by atoms with E-state index in [-0.39, 0.29) is 17.6 Å². The molecule has 40 heavy (non-hydrogen) atoms. The molecule has 1 fully saturated rings. The lowest BCUT2D eigenvalue weighted by atomic mass is 9.64. The SMILES string of the molecule is O=C(Nc1ccc(Cl)cc1)[C@@H]1[C@H](C(=O)c2ccccc2)[C@@]2(C(=O)Nc3ccccc32)[C@H]2C=Cc3ccccc3N12. The molecular weight excluding hydrogens is 522 g/mol. The molecule has 3 heterocycles. The fraction of sp³-hybridized carbons (Fsp3) is 0.121. The molecule has 3 aliphatic rings. The lowest BCUT2D eigenvalue weighted by Gasteiger charge is -2.37. The molecule has 2 N–H and O–H groups in total. The number of hydrogen-bond acceptors (Lipinski definition) is 4. The van der Waals surface area contributed by atoms with E-state index in [4.69, 9.17) is 11.6 Å². The Bertz CT molecular complexity index is 1700. The van der Waals surface area contributed by atoms with Gasteiger partial charge in [0.05, 0.1) is 12.0 Å². The molecule has 2 amide bonds. The van der Waals surface area contributed by atoms with Crippen molar-refractivity contribution in [3.8, 4) is 0 Å². The van der Waals surface area contributed by atoms with Crippen molar-refractivity contribution in [2.24, 2.45) is 5.92 Å². The Hall–Kier alpha value is -4.68. The lowest BCUT2D eigenvalue weighted by Crippen LogP contribution is -2.51. The second-order valence-electron chi connectivity index (χ2n) is 10.3. The average molecular weight is 546 g/mol. The quantitative estimate of drug-likeness (QED) is 0.311. The van der Waals surface area contributed by atoms with Crippen LogP contribution in [0.5, 0.6) is 0 Å². The van der Waals surface area contributed by atoms with E-state index in [1.807, 2.05) is 71.6 Å². The number of carbonyl (C=O) groups excluding carboxylic acids is 3. The van der Waals surface area contributed by atoms with Gasteiger partial charge in [-0.3, -0.25) is 14.4 Å². The van der Waals surface area contributed by atoms with Gasteiger partial charge in [0.15, 0.2) is 5.78 Å². The summed E-state index contributed by atoms with van der Waals surface area (Å²) < 4.78 is 0. The predicted molar refractivity (Wildman–Crippen MR) is 157 cm³/mol. The molecule has 4 aromatic carbocycles. The van der Waals surface area contributed by atoms with Gasteiger partial charge in [0.25, 0.3) is 0 Å². The predicted octanol–water partition coefficient (Wildman–Crippen LogP) is 5.95. The van der Waals surface area contributed by atoms with Gasteiger partial charge in [0.1, 0.15) is 11.5 Å². The molecule has 7 rings (SSSR count). The monoisotopic (exact) mass is 545 g/mol. The number of anilines is 3. The van der Waals surface area contributed by atoms with E-state index in [1.54, 1.807) is 48.5 Å². The van der Waals surface area contributed by atoms with Gasteiger partial charge in [-0.2, -0.15) is 0 Å². The van der Waals surface area contributed by atoms with Crippen LogP contribution in [0.1, 0.15) is 21.5 Å². The van der Waals surface area contributed by atoms with Crippen LogP contribution in [-0.2, 0) is 15.0 Å². The van der Waals surface area contributed by atoms with Gasteiger partial charge in [-0.15, -0.1) is 0 Å². The molecule has 7 heteroatoms. The number of ketones is 1. The Morgan fingerprint density at radius 1 is 0.850 bits per heavy atom. The first-order chi connectivity index (χ1) is 19.5. The molecular formula is C33H24ClN3O3. The Kier molecular flexibility index (Phi) is 5.61. The van der Waals surface area contributed by atoms with Crippen molar-refractivity contribution < 1.29 is 14.4 Å². The largest absolute Gasteiger partial charge is 0.350 e. The summed E-state index contributed by atoms with van der Waals surface area (Å²) in [5.74, 6) is -1.94. The maximum absolute atomic E-state index is 14.6.